The summed E-state index contributed by atoms with van der Waals surface area (Å²) < 4.78 is 0. The van der Waals surface area contributed by atoms with Crippen molar-refractivity contribution >= 4 is 11.8 Å². The average Bonchev–Trinajstić information content (AvgIpc) is 2.60. The van der Waals surface area contributed by atoms with E-state index < -0.39 is 0 Å². The van der Waals surface area contributed by atoms with E-state index in [1.54, 1.807) is 6.20 Å². The molecule has 0 aromatic carbocycles. The molecule has 2 amide bonds. The predicted octanol–water partition coefficient (Wildman–Crippen LogP) is 2.61. The van der Waals surface area contributed by atoms with Crippen molar-refractivity contribution in [2.75, 3.05) is 19.6 Å². The fraction of sp³-hybridized carbons (Fsp3) is 0.632. The van der Waals surface area contributed by atoms with E-state index >= 15 is 0 Å². The molecule has 5 heteroatoms. The first kappa shape index (κ1) is 16.9. The van der Waals surface area contributed by atoms with Crippen molar-refractivity contribution in [2.45, 2.75) is 52.0 Å². The van der Waals surface area contributed by atoms with Gasteiger partial charge in [0.2, 0.25) is 11.8 Å². The minimum Gasteiger partial charge on any atom is -0.342 e. The van der Waals surface area contributed by atoms with E-state index in [0.29, 0.717) is 19.4 Å². The first-order valence-electron chi connectivity index (χ1n) is 9.06. The van der Waals surface area contributed by atoms with Gasteiger partial charge in [-0.2, -0.15) is 0 Å². The van der Waals surface area contributed by atoms with Crippen LogP contribution in [0, 0.1) is 5.41 Å². The quantitative estimate of drug-likeness (QED) is 0.853. The third kappa shape index (κ3) is 3.77. The molecule has 0 saturated carbocycles. The van der Waals surface area contributed by atoms with E-state index in [2.05, 4.69) is 4.98 Å². The normalized spacial score (nSPS) is 24.5. The fourth-order valence-corrected chi connectivity index (χ4v) is 4.08. The number of pyridine rings is 1. The highest BCUT2D eigenvalue weighted by Gasteiger charge is 2.42. The molecule has 2 saturated heterocycles. The Kier molecular flexibility index (Phi) is 5.17. The van der Waals surface area contributed by atoms with E-state index in [1.165, 1.54) is 0 Å². The Labute approximate surface area is 144 Å². The molecule has 1 spiro atoms. The number of aromatic nitrogens is 1. The van der Waals surface area contributed by atoms with E-state index in [4.69, 9.17) is 0 Å². The molecule has 1 aromatic rings. The van der Waals surface area contributed by atoms with Crippen molar-refractivity contribution in [1.82, 2.24) is 14.8 Å². The second-order valence-corrected chi connectivity index (χ2v) is 7.28. The summed E-state index contributed by atoms with van der Waals surface area (Å²) in [6, 6.07) is 3.92. The topological polar surface area (TPSA) is 53.5 Å². The first-order chi connectivity index (χ1) is 11.6. The Hall–Kier alpha value is -1.91. The lowest BCUT2D eigenvalue weighted by Crippen LogP contribution is -2.54. The summed E-state index contributed by atoms with van der Waals surface area (Å²) in [7, 11) is 0. The third-order valence-corrected chi connectivity index (χ3v) is 5.32. The van der Waals surface area contributed by atoms with Crippen LogP contribution in [-0.4, -0.2) is 46.2 Å². The maximum atomic E-state index is 12.4. The Balaban J connectivity index is 1.69. The number of carbonyl (C=O) groups excluding carboxylic acids is 2. The van der Waals surface area contributed by atoms with Crippen molar-refractivity contribution in [3.05, 3.63) is 30.1 Å². The van der Waals surface area contributed by atoms with Gasteiger partial charge >= 0.3 is 0 Å². The Morgan fingerprint density at radius 2 is 2.21 bits per heavy atom. The zero-order chi connectivity index (χ0) is 17.0. The van der Waals surface area contributed by atoms with Crippen molar-refractivity contribution < 1.29 is 9.59 Å². The molecule has 1 aromatic heterocycles. The van der Waals surface area contributed by atoms with Crippen molar-refractivity contribution in [3.8, 4) is 0 Å². The number of nitrogens with zero attached hydrogens (tertiary/aromatic N) is 3. The van der Waals surface area contributed by atoms with Gasteiger partial charge < -0.3 is 9.80 Å². The first-order valence-corrected chi connectivity index (χ1v) is 9.06. The van der Waals surface area contributed by atoms with Crippen LogP contribution in [0.15, 0.2) is 24.5 Å². The van der Waals surface area contributed by atoms with Crippen LogP contribution in [0.5, 0.6) is 0 Å². The molecule has 1 atom stereocenters. The molecule has 2 fully saturated rings. The lowest BCUT2D eigenvalue weighted by atomic mass is 9.73. The van der Waals surface area contributed by atoms with Gasteiger partial charge in [-0.3, -0.25) is 14.6 Å². The SMILES string of the molecule is CCCC(=O)N1CCCC2(CCC(=O)N(Cc3cccnc3)C2)C1. The summed E-state index contributed by atoms with van der Waals surface area (Å²) in [5.41, 5.74) is 1.15. The molecule has 1 unspecified atom stereocenters. The van der Waals surface area contributed by atoms with Crippen LogP contribution < -0.4 is 0 Å². The van der Waals surface area contributed by atoms with E-state index in [-0.39, 0.29) is 17.2 Å². The monoisotopic (exact) mass is 329 g/mol. The largest absolute Gasteiger partial charge is 0.342 e. The van der Waals surface area contributed by atoms with Gasteiger partial charge in [0.1, 0.15) is 0 Å². The molecule has 0 radical (unpaired) electrons. The third-order valence-electron chi connectivity index (χ3n) is 5.32. The van der Waals surface area contributed by atoms with Gasteiger partial charge in [-0.05, 0) is 37.3 Å². The predicted molar refractivity (Wildman–Crippen MR) is 92.0 cm³/mol. The minimum atomic E-state index is 0.0811. The molecular weight excluding hydrogens is 302 g/mol. The summed E-state index contributed by atoms with van der Waals surface area (Å²) in [4.78, 5) is 32.8. The molecule has 5 nitrogen and oxygen atoms in total. The van der Waals surface area contributed by atoms with Crippen LogP contribution in [0.4, 0.5) is 0 Å². The zero-order valence-corrected chi connectivity index (χ0v) is 14.5. The second-order valence-electron chi connectivity index (χ2n) is 7.28. The maximum absolute atomic E-state index is 12.4. The van der Waals surface area contributed by atoms with Gasteiger partial charge in [-0.25, -0.2) is 0 Å². The number of carbonyl (C=O) groups is 2. The molecule has 3 rings (SSSR count). The van der Waals surface area contributed by atoms with E-state index in [9.17, 15) is 9.59 Å². The van der Waals surface area contributed by atoms with Crippen molar-refractivity contribution in [1.29, 1.82) is 0 Å². The lowest BCUT2D eigenvalue weighted by molar-refractivity contribution is -0.143. The van der Waals surface area contributed by atoms with Crippen LogP contribution in [-0.2, 0) is 16.1 Å². The van der Waals surface area contributed by atoms with E-state index in [1.807, 2.05) is 35.1 Å². The smallest absolute Gasteiger partial charge is 0.222 e. The molecule has 0 bridgehead atoms. The molecule has 2 aliphatic heterocycles. The highest BCUT2D eigenvalue weighted by Crippen LogP contribution is 2.39. The number of hydrogen-bond donors (Lipinski definition) is 0. The summed E-state index contributed by atoms with van der Waals surface area (Å²) in [5.74, 6) is 0.494. The van der Waals surface area contributed by atoms with Gasteiger partial charge in [0.05, 0.1) is 0 Å². The standard InChI is InChI=1S/C19H27N3O2/c1-2-5-17(23)21-11-4-8-19(14-21)9-7-18(24)22(15-19)13-16-6-3-10-20-12-16/h3,6,10,12H,2,4-5,7-9,11,13-15H2,1H3. The molecule has 0 aliphatic carbocycles. The number of hydrogen-bond acceptors (Lipinski definition) is 3. The highest BCUT2D eigenvalue weighted by atomic mass is 16.2. The Bertz CT molecular complexity index is 590. The van der Waals surface area contributed by atoms with Gasteiger partial charge in [0.15, 0.2) is 0 Å². The summed E-state index contributed by atoms with van der Waals surface area (Å²) >= 11 is 0. The molecule has 24 heavy (non-hydrogen) atoms. The average molecular weight is 329 g/mol. The van der Waals surface area contributed by atoms with E-state index in [0.717, 1.165) is 50.9 Å². The number of likely N-dealkylation sites (tertiary alicyclic amines) is 2. The number of rotatable bonds is 4. The van der Waals surface area contributed by atoms with Gasteiger partial charge in [0, 0.05) is 56.8 Å². The van der Waals surface area contributed by atoms with Crippen LogP contribution >= 0.6 is 0 Å². The highest BCUT2D eigenvalue weighted by molar-refractivity contribution is 5.78. The summed E-state index contributed by atoms with van der Waals surface area (Å²) in [6.45, 7) is 5.11. The number of amides is 2. The van der Waals surface area contributed by atoms with Gasteiger partial charge in [-0.1, -0.05) is 13.0 Å². The van der Waals surface area contributed by atoms with Crippen LogP contribution in [0.1, 0.15) is 51.0 Å². The molecule has 130 valence electrons. The van der Waals surface area contributed by atoms with Crippen LogP contribution in [0.25, 0.3) is 0 Å². The Morgan fingerprint density at radius 3 is 2.96 bits per heavy atom. The summed E-state index contributed by atoms with van der Waals surface area (Å²) in [6.07, 6.45) is 8.77. The molecule has 0 N–H and O–H groups in total. The van der Waals surface area contributed by atoms with Gasteiger partial charge in [0.25, 0.3) is 0 Å². The number of piperidine rings is 2. The molecule has 2 aliphatic rings. The van der Waals surface area contributed by atoms with Crippen molar-refractivity contribution in [3.63, 3.8) is 0 Å². The van der Waals surface area contributed by atoms with Crippen molar-refractivity contribution in [2.24, 2.45) is 5.41 Å². The fourth-order valence-electron chi connectivity index (χ4n) is 4.08. The molecular formula is C19H27N3O2. The maximum Gasteiger partial charge on any atom is 0.222 e. The minimum absolute atomic E-state index is 0.0811. The summed E-state index contributed by atoms with van der Waals surface area (Å²) in [5, 5.41) is 0. The molecule has 3 heterocycles. The van der Waals surface area contributed by atoms with Crippen LogP contribution in [0.2, 0.25) is 0 Å². The zero-order valence-electron chi connectivity index (χ0n) is 14.5. The van der Waals surface area contributed by atoms with Gasteiger partial charge in [-0.15, -0.1) is 0 Å². The van der Waals surface area contributed by atoms with Crippen LogP contribution in [0.3, 0.4) is 0 Å². The Morgan fingerprint density at radius 1 is 1.33 bits per heavy atom. The second kappa shape index (κ2) is 7.32. The lowest BCUT2D eigenvalue weighted by Gasteiger charge is -2.48.